The van der Waals surface area contributed by atoms with Gasteiger partial charge in [0, 0.05) is 18.1 Å². The molecule has 96 valence electrons. The molecular formula is C13H28N2S. The van der Waals surface area contributed by atoms with Crippen LogP contribution in [0.3, 0.4) is 0 Å². The van der Waals surface area contributed by atoms with E-state index in [1.54, 1.807) is 0 Å². The van der Waals surface area contributed by atoms with Crippen LogP contribution in [0.25, 0.3) is 0 Å². The third-order valence-electron chi connectivity index (χ3n) is 4.05. The Labute approximate surface area is 106 Å². The van der Waals surface area contributed by atoms with E-state index in [-0.39, 0.29) is 0 Å². The minimum Gasteiger partial charge on any atom is -0.310 e. The normalized spacial score (nSPS) is 27.6. The average molecular weight is 244 g/mol. The lowest BCUT2D eigenvalue weighted by Crippen LogP contribution is -2.50. The van der Waals surface area contributed by atoms with Gasteiger partial charge < -0.3 is 10.2 Å². The Kier molecular flexibility index (Phi) is 6.16. The van der Waals surface area contributed by atoms with Crippen molar-refractivity contribution in [3.05, 3.63) is 0 Å². The standard InChI is InChI=1S/C13H28N2S/c1-5-13(8-6-9-14-13)11-15(3)12(2)7-10-16-4/h12,14H,5-11H2,1-4H3. The molecule has 1 rings (SSSR count). The second-order valence-electron chi connectivity index (χ2n) is 5.21. The molecule has 0 bridgehead atoms. The number of rotatable bonds is 7. The number of nitrogens with zero attached hydrogens (tertiary/aromatic N) is 1. The van der Waals surface area contributed by atoms with Crippen molar-refractivity contribution < 1.29 is 0 Å². The van der Waals surface area contributed by atoms with E-state index in [1.165, 1.54) is 44.5 Å². The number of hydrogen-bond donors (Lipinski definition) is 1. The first-order valence-electron chi connectivity index (χ1n) is 6.58. The van der Waals surface area contributed by atoms with Gasteiger partial charge in [-0.25, -0.2) is 0 Å². The predicted octanol–water partition coefficient (Wildman–Crippen LogP) is 2.59. The smallest absolute Gasteiger partial charge is 0.0306 e. The fraction of sp³-hybridized carbons (Fsp3) is 1.00. The molecule has 1 saturated heterocycles. The fourth-order valence-corrected chi connectivity index (χ4v) is 3.14. The predicted molar refractivity (Wildman–Crippen MR) is 75.3 cm³/mol. The Balaban J connectivity index is 2.38. The summed E-state index contributed by atoms with van der Waals surface area (Å²) in [6.07, 6.45) is 7.45. The van der Waals surface area contributed by atoms with Crippen molar-refractivity contribution in [2.24, 2.45) is 0 Å². The quantitative estimate of drug-likeness (QED) is 0.741. The summed E-state index contributed by atoms with van der Waals surface area (Å²) in [7, 11) is 2.28. The van der Waals surface area contributed by atoms with Crippen molar-refractivity contribution in [3.8, 4) is 0 Å². The SMILES string of the molecule is CCC1(CN(C)C(C)CCSC)CCCN1. The van der Waals surface area contributed by atoms with Crippen LogP contribution >= 0.6 is 11.8 Å². The summed E-state index contributed by atoms with van der Waals surface area (Å²) in [5, 5.41) is 3.71. The topological polar surface area (TPSA) is 15.3 Å². The zero-order valence-electron chi connectivity index (χ0n) is 11.4. The maximum Gasteiger partial charge on any atom is 0.0306 e. The van der Waals surface area contributed by atoms with E-state index >= 15 is 0 Å². The first kappa shape index (κ1) is 14.3. The van der Waals surface area contributed by atoms with Gasteiger partial charge in [-0.05, 0) is 58.2 Å². The van der Waals surface area contributed by atoms with Crippen LogP contribution in [0.1, 0.15) is 39.5 Å². The summed E-state index contributed by atoms with van der Waals surface area (Å²) in [6, 6.07) is 0.707. The second kappa shape index (κ2) is 6.87. The Bertz CT molecular complexity index is 190. The van der Waals surface area contributed by atoms with Crippen LogP contribution in [0.5, 0.6) is 0 Å². The minimum atomic E-state index is 0.405. The van der Waals surface area contributed by atoms with Crippen LogP contribution < -0.4 is 5.32 Å². The van der Waals surface area contributed by atoms with E-state index in [2.05, 4.69) is 37.4 Å². The Hall–Kier alpha value is 0.270. The number of hydrogen-bond acceptors (Lipinski definition) is 3. The van der Waals surface area contributed by atoms with E-state index in [0.717, 1.165) is 0 Å². The third kappa shape index (κ3) is 3.94. The highest BCUT2D eigenvalue weighted by molar-refractivity contribution is 7.98. The van der Waals surface area contributed by atoms with Crippen molar-refractivity contribution in [1.82, 2.24) is 10.2 Å². The van der Waals surface area contributed by atoms with Crippen molar-refractivity contribution in [3.63, 3.8) is 0 Å². The van der Waals surface area contributed by atoms with E-state index < -0.39 is 0 Å². The Morgan fingerprint density at radius 3 is 2.75 bits per heavy atom. The van der Waals surface area contributed by atoms with Crippen molar-refractivity contribution in [2.75, 3.05) is 32.1 Å². The van der Waals surface area contributed by atoms with Gasteiger partial charge in [0.25, 0.3) is 0 Å². The van der Waals surface area contributed by atoms with Crippen LogP contribution in [0.4, 0.5) is 0 Å². The Morgan fingerprint density at radius 1 is 1.50 bits per heavy atom. The molecule has 2 unspecified atom stereocenters. The molecule has 0 spiro atoms. The van der Waals surface area contributed by atoms with Gasteiger partial charge in [-0.1, -0.05) is 6.92 Å². The monoisotopic (exact) mass is 244 g/mol. The molecule has 16 heavy (non-hydrogen) atoms. The second-order valence-corrected chi connectivity index (χ2v) is 6.20. The van der Waals surface area contributed by atoms with Crippen LogP contribution in [0, 0.1) is 0 Å². The molecule has 1 heterocycles. The van der Waals surface area contributed by atoms with Gasteiger partial charge in [-0.3, -0.25) is 0 Å². The zero-order chi connectivity index (χ0) is 12.0. The molecule has 0 aliphatic carbocycles. The van der Waals surface area contributed by atoms with Crippen LogP contribution in [0.15, 0.2) is 0 Å². The fourth-order valence-electron chi connectivity index (χ4n) is 2.56. The summed E-state index contributed by atoms with van der Waals surface area (Å²) < 4.78 is 0. The van der Waals surface area contributed by atoms with E-state index in [0.29, 0.717) is 11.6 Å². The lowest BCUT2D eigenvalue weighted by Gasteiger charge is -2.36. The van der Waals surface area contributed by atoms with Crippen LogP contribution in [-0.2, 0) is 0 Å². The molecule has 1 aliphatic rings. The highest BCUT2D eigenvalue weighted by Crippen LogP contribution is 2.24. The largest absolute Gasteiger partial charge is 0.310 e. The first-order chi connectivity index (χ1) is 7.63. The molecule has 1 fully saturated rings. The highest BCUT2D eigenvalue weighted by atomic mass is 32.2. The maximum absolute atomic E-state index is 3.71. The number of nitrogens with one attached hydrogen (secondary N) is 1. The first-order valence-corrected chi connectivity index (χ1v) is 7.97. The summed E-state index contributed by atoms with van der Waals surface area (Å²) >= 11 is 1.95. The van der Waals surface area contributed by atoms with Crippen LogP contribution in [-0.4, -0.2) is 48.6 Å². The van der Waals surface area contributed by atoms with Gasteiger partial charge in [-0.2, -0.15) is 11.8 Å². The molecule has 1 N–H and O–H groups in total. The molecule has 0 saturated carbocycles. The van der Waals surface area contributed by atoms with E-state index in [4.69, 9.17) is 0 Å². The lowest BCUT2D eigenvalue weighted by molar-refractivity contribution is 0.176. The summed E-state index contributed by atoms with van der Waals surface area (Å²) in [4.78, 5) is 2.54. The summed E-state index contributed by atoms with van der Waals surface area (Å²) in [5.41, 5.74) is 0.405. The van der Waals surface area contributed by atoms with Gasteiger partial charge in [0.05, 0.1) is 0 Å². The molecule has 1 aliphatic heterocycles. The maximum atomic E-state index is 3.71. The molecule has 3 heteroatoms. The highest BCUT2D eigenvalue weighted by Gasteiger charge is 2.33. The van der Waals surface area contributed by atoms with Gasteiger partial charge >= 0.3 is 0 Å². The molecule has 0 aromatic rings. The number of likely N-dealkylation sites (N-methyl/N-ethyl adjacent to an activating group) is 1. The zero-order valence-corrected chi connectivity index (χ0v) is 12.2. The van der Waals surface area contributed by atoms with Crippen molar-refractivity contribution in [1.29, 1.82) is 0 Å². The van der Waals surface area contributed by atoms with E-state index in [1.807, 2.05) is 11.8 Å². The van der Waals surface area contributed by atoms with Crippen molar-refractivity contribution in [2.45, 2.75) is 51.1 Å². The Morgan fingerprint density at radius 2 is 2.25 bits per heavy atom. The molecular weight excluding hydrogens is 216 g/mol. The van der Waals surface area contributed by atoms with Gasteiger partial charge in [-0.15, -0.1) is 0 Å². The molecule has 0 radical (unpaired) electrons. The minimum absolute atomic E-state index is 0.405. The van der Waals surface area contributed by atoms with Crippen LogP contribution in [0.2, 0.25) is 0 Å². The lowest BCUT2D eigenvalue weighted by atomic mass is 9.93. The average Bonchev–Trinajstić information content (AvgIpc) is 2.75. The molecule has 0 amide bonds. The summed E-state index contributed by atoms with van der Waals surface area (Å²) in [5.74, 6) is 1.28. The number of thioether (sulfide) groups is 1. The summed E-state index contributed by atoms with van der Waals surface area (Å²) in [6.45, 7) is 7.09. The van der Waals surface area contributed by atoms with Gasteiger partial charge in [0.2, 0.25) is 0 Å². The van der Waals surface area contributed by atoms with E-state index in [9.17, 15) is 0 Å². The molecule has 2 atom stereocenters. The van der Waals surface area contributed by atoms with Gasteiger partial charge in [0.1, 0.15) is 0 Å². The molecule has 0 aromatic carbocycles. The molecule has 0 aromatic heterocycles. The van der Waals surface area contributed by atoms with Crippen molar-refractivity contribution >= 4 is 11.8 Å². The third-order valence-corrected chi connectivity index (χ3v) is 4.70. The molecule has 2 nitrogen and oxygen atoms in total. The van der Waals surface area contributed by atoms with Gasteiger partial charge in [0.15, 0.2) is 0 Å².